The Morgan fingerprint density at radius 1 is 1.33 bits per heavy atom. The third-order valence-electron chi connectivity index (χ3n) is 4.02. The lowest BCUT2D eigenvalue weighted by Gasteiger charge is -2.36. The van der Waals surface area contributed by atoms with E-state index in [0.717, 1.165) is 5.69 Å². The highest BCUT2D eigenvalue weighted by molar-refractivity contribution is 7.91. The van der Waals surface area contributed by atoms with Crippen molar-refractivity contribution >= 4 is 31.0 Å². The van der Waals surface area contributed by atoms with Gasteiger partial charge in [0.25, 0.3) is 0 Å². The molecule has 0 bridgehead atoms. The van der Waals surface area contributed by atoms with Crippen LogP contribution in [0.25, 0.3) is 0 Å². The normalized spacial score (nSPS) is 24.4. The molecule has 2 aliphatic rings. The molecule has 21 heavy (non-hydrogen) atoms. The number of nitrogens with zero attached hydrogens (tertiary/aromatic N) is 1. The van der Waals surface area contributed by atoms with Crippen LogP contribution in [-0.4, -0.2) is 53.7 Å². The molecule has 1 fully saturated rings. The maximum absolute atomic E-state index is 11.9. The predicted octanol–water partition coefficient (Wildman–Crippen LogP) is 0.509. The molecule has 0 radical (unpaired) electrons. The minimum Gasteiger partial charge on any atom is -0.381 e. The maximum Gasteiger partial charge on any atom is 0.177 e. The first kappa shape index (κ1) is 14.6. The number of nitrogens with one attached hydrogen (secondary N) is 1. The molecule has 1 aromatic carbocycles. The van der Waals surface area contributed by atoms with Crippen molar-refractivity contribution in [1.29, 1.82) is 0 Å². The molecule has 0 spiro atoms. The standard InChI is InChI=1S/C13H18N2O4S2/c1-20(16,17)12-4-2-3-11-13(12)14-6-7-15(11)10-5-8-21(18,19)9-10/h2-4,10,14H,5-9H2,1H3. The van der Waals surface area contributed by atoms with Gasteiger partial charge in [-0.05, 0) is 18.6 Å². The molecule has 2 heterocycles. The number of rotatable bonds is 2. The smallest absolute Gasteiger partial charge is 0.177 e. The van der Waals surface area contributed by atoms with Crippen LogP contribution in [0.15, 0.2) is 23.1 Å². The molecular formula is C13H18N2O4S2. The molecule has 6 nitrogen and oxygen atoms in total. The molecule has 1 N–H and O–H groups in total. The van der Waals surface area contributed by atoms with Crippen LogP contribution in [0.3, 0.4) is 0 Å². The monoisotopic (exact) mass is 330 g/mol. The van der Waals surface area contributed by atoms with Gasteiger partial charge in [0.2, 0.25) is 0 Å². The summed E-state index contributed by atoms with van der Waals surface area (Å²) < 4.78 is 47.1. The van der Waals surface area contributed by atoms with Gasteiger partial charge in [-0.3, -0.25) is 0 Å². The third-order valence-corrected chi connectivity index (χ3v) is 6.91. The summed E-state index contributed by atoms with van der Waals surface area (Å²) in [4.78, 5) is 2.30. The summed E-state index contributed by atoms with van der Waals surface area (Å²) in [6, 6.07) is 5.07. The average Bonchev–Trinajstić information content (AvgIpc) is 2.76. The number of benzene rings is 1. The molecular weight excluding hydrogens is 312 g/mol. The highest BCUT2D eigenvalue weighted by Crippen LogP contribution is 2.37. The summed E-state index contributed by atoms with van der Waals surface area (Å²) in [5.74, 6) is 0.359. The van der Waals surface area contributed by atoms with E-state index in [1.165, 1.54) is 6.26 Å². The quantitative estimate of drug-likeness (QED) is 0.851. The van der Waals surface area contributed by atoms with Crippen molar-refractivity contribution < 1.29 is 16.8 Å². The van der Waals surface area contributed by atoms with E-state index in [0.29, 0.717) is 25.2 Å². The summed E-state index contributed by atoms with van der Waals surface area (Å²) >= 11 is 0. The first-order valence-corrected chi connectivity index (χ1v) is 10.5. The van der Waals surface area contributed by atoms with Gasteiger partial charge in [0.1, 0.15) is 0 Å². The van der Waals surface area contributed by atoms with E-state index in [1.807, 2.05) is 11.0 Å². The van der Waals surface area contributed by atoms with Gasteiger partial charge in [-0.15, -0.1) is 0 Å². The van der Waals surface area contributed by atoms with Crippen LogP contribution in [0.2, 0.25) is 0 Å². The molecule has 1 unspecified atom stereocenters. The van der Waals surface area contributed by atoms with E-state index in [1.54, 1.807) is 12.1 Å². The summed E-state index contributed by atoms with van der Waals surface area (Å²) in [5, 5.41) is 3.14. The minimum atomic E-state index is -3.32. The number of hydrogen-bond donors (Lipinski definition) is 1. The Hall–Kier alpha value is -1.28. The molecule has 0 aliphatic carbocycles. The minimum absolute atomic E-state index is 0.0642. The van der Waals surface area contributed by atoms with Crippen LogP contribution < -0.4 is 10.2 Å². The van der Waals surface area contributed by atoms with E-state index in [9.17, 15) is 16.8 Å². The number of sulfone groups is 2. The van der Waals surface area contributed by atoms with Crippen molar-refractivity contribution in [2.45, 2.75) is 17.4 Å². The first-order valence-electron chi connectivity index (χ1n) is 6.82. The van der Waals surface area contributed by atoms with E-state index in [4.69, 9.17) is 0 Å². The van der Waals surface area contributed by atoms with Crippen molar-refractivity contribution in [3.63, 3.8) is 0 Å². The largest absolute Gasteiger partial charge is 0.381 e. The van der Waals surface area contributed by atoms with Gasteiger partial charge in [-0.25, -0.2) is 16.8 Å². The Morgan fingerprint density at radius 2 is 2.10 bits per heavy atom. The SMILES string of the molecule is CS(=O)(=O)c1cccc2c1NCCN2C1CCS(=O)(=O)C1. The lowest BCUT2D eigenvalue weighted by molar-refractivity contribution is 0.596. The highest BCUT2D eigenvalue weighted by atomic mass is 32.2. The molecule has 0 aromatic heterocycles. The molecule has 0 saturated carbocycles. The lowest BCUT2D eigenvalue weighted by atomic mass is 10.1. The van der Waals surface area contributed by atoms with Crippen LogP contribution in [0.4, 0.5) is 11.4 Å². The van der Waals surface area contributed by atoms with Crippen molar-refractivity contribution in [1.82, 2.24) is 0 Å². The second-order valence-electron chi connectivity index (χ2n) is 5.60. The molecule has 1 atom stereocenters. The number of fused-ring (bicyclic) bond motifs is 1. The van der Waals surface area contributed by atoms with E-state index >= 15 is 0 Å². The molecule has 2 aliphatic heterocycles. The number of anilines is 2. The number of hydrogen-bond acceptors (Lipinski definition) is 6. The van der Waals surface area contributed by atoms with Crippen molar-refractivity contribution in [2.75, 3.05) is 41.1 Å². The van der Waals surface area contributed by atoms with Gasteiger partial charge in [0.15, 0.2) is 19.7 Å². The second kappa shape index (κ2) is 4.88. The first-order chi connectivity index (χ1) is 9.78. The van der Waals surface area contributed by atoms with Gasteiger partial charge in [0, 0.05) is 25.4 Å². The Bertz CT molecular complexity index is 771. The summed E-state index contributed by atoms with van der Waals surface area (Å²) in [6.45, 7) is 1.29. The fourth-order valence-electron chi connectivity index (χ4n) is 3.07. The Labute approximate surface area is 125 Å². The zero-order valence-corrected chi connectivity index (χ0v) is 13.4. The average molecular weight is 330 g/mol. The predicted molar refractivity (Wildman–Crippen MR) is 82.4 cm³/mol. The van der Waals surface area contributed by atoms with Gasteiger partial charge in [-0.2, -0.15) is 0 Å². The van der Waals surface area contributed by atoms with Crippen molar-refractivity contribution in [2.24, 2.45) is 0 Å². The van der Waals surface area contributed by atoms with Crippen LogP contribution in [0.5, 0.6) is 0 Å². The van der Waals surface area contributed by atoms with E-state index in [2.05, 4.69) is 5.32 Å². The molecule has 116 valence electrons. The fraction of sp³-hybridized carbons (Fsp3) is 0.538. The van der Waals surface area contributed by atoms with E-state index in [-0.39, 0.29) is 22.4 Å². The van der Waals surface area contributed by atoms with Crippen LogP contribution >= 0.6 is 0 Å². The molecule has 1 saturated heterocycles. The zero-order valence-electron chi connectivity index (χ0n) is 11.7. The van der Waals surface area contributed by atoms with Crippen molar-refractivity contribution in [3.8, 4) is 0 Å². The van der Waals surface area contributed by atoms with Crippen molar-refractivity contribution in [3.05, 3.63) is 18.2 Å². The second-order valence-corrected chi connectivity index (χ2v) is 9.81. The fourth-order valence-corrected chi connectivity index (χ4v) is 5.67. The number of para-hydroxylation sites is 1. The summed E-state index contributed by atoms with van der Waals surface area (Å²) in [7, 11) is -6.29. The summed E-state index contributed by atoms with van der Waals surface area (Å²) in [6.07, 6.45) is 1.79. The molecule has 1 aromatic rings. The van der Waals surface area contributed by atoms with Gasteiger partial charge in [-0.1, -0.05) is 6.07 Å². The van der Waals surface area contributed by atoms with E-state index < -0.39 is 19.7 Å². The van der Waals surface area contributed by atoms with Crippen LogP contribution in [0, 0.1) is 0 Å². The zero-order chi connectivity index (χ0) is 15.3. The van der Waals surface area contributed by atoms with Gasteiger partial charge >= 0.3 is 0 Å². The van der Waals surface area contributed by atoms with Gasteiger partial charge < -0.3 is 10.2 Å². The lowest BCUT2D eigenvalue weighted by Crippen LogP contribution is -2.42. The topological polar surface area (TPSA) is 83.6 Å². The highest BCUT2D eigenvalue weighted by Gasteiger charge is 2.35. The van der Waals surface area contributed by atoms with Crippen LogP contribution in [-0.2, 0) is 19.7 Å². The van der Waals surface area contributed by atoms with Gasteiger partial charge in [0.05, 0.1) is 27.8 Å². The molecule has 0 amide bonds. The Balaban J connectivity index is 2.04. The van der Waals surface area contributed by atoms with Crippen LogP contribution in [0.1, 0.15) is 6.42 Å². The molecule has 3 rings (SSSR count). The maximum atomic E-state index is 11.9. The summed E-state index contributed by atoms with van der Waals surface area (Å²) in [5.41, 5.74) is 1.38. The Morgan fingerprint density at radius 3 is 2.71 bits per heavy atom. The Kier molecular flexibility index (Phi) is 3.40. The third kappa shape index (κ3) is 2.74. The molecule has 8 heteroatoms.